The van der Waals surface area contributed by atoms with Gasteiger partial charge in [-0.3, -0.25) is 14.3 Å². The number of hydrogen-bond donors (Lipinski definition) is 1. The molecule has 0 bridgehead atoms. The standard InChI is InChI=1S/C11H16N4O2/c1-7-9(6-14(3)13-7)11(17)15-5-4-12-10(16)8(15)2/h6,8H,4-5H2,1-3H3,(H,12,16). The molecule has 2 heterocycles. The van der Waals surface area contributed by atoms with Crippen molar-refractivity contribution < 1.29 is 9.59 Å². The maximum Gasteiger partial charge on any atom is 0.258 e. The molecule has 1 fully saturated rings. The van der Waals surface area contributed by atoms with Gasteiger partial charge >= 0.3 is 0 Å². The molecule has 1 aromatic heterocycles. The smallest absolute Gasteiger partial charge is 0.258 e. The highest BCUT2D eigenvalue weighted by Gasteiger charge is 2.31. The summed E-state index contributed by atoms with van der Waals surface area (Å²) < 4.78 is 1.61. The minimum atomic E-state index is -0.421. The van der Waals surface area contributed by atoms with E-state index in [9.17, 15) is 9.59 Å². The fraction of sp³-hybridized carbons (Fsp3) is 0.545. The number of nitrogens with zero attached hydrogens (tertiary/aromatic N) is 3. The van der Waals surface area contributed by atoms with Crippen LogP contribution >= 0.6 is 0 Å². The number of amides is 2. The SMILES string of the molecule is Cc1nn(C)cc1C(=O)N1CCNC(=O)C1C. The van der Waals surface area contributed by atoms with Crippen molar-refractivity contribution in [2.45, 2.75) is 19.9 Å². The van der Waals surface area contributed by atoms with Crippen LogP contribution in [-0.4, -0.2) is 45.6 Å². The molecule has 92 valence electrons. The van der Waals surface area contributed by atoms with Crippen molar-refractivity contribution in [2.24, 2.45) is 7.05 Å². The Labute approximate surface area is 99.6 Å². The number of carbonyl (C=O) groups excluding carboxylic acids is 2. The zero-order valence-electron chi connectivity index (χ0n) is 10.2. The third-order valence-corrected chi connectivity index (χ3v) is 3.00. The third kappa shape index (κ3) is 2.02. The minimum Gasteiger partial charge on any atom is -0.353 e. The summed E-state index contributed by atoms with van der Waals surface area (Å²) in [5.41, 5.74) is 1.25. The van der Waals surface area contributed by atoms with E-state index in [4.69, 9.17) is 0 Å². The van der Waals surface area contributed by atoms with Gasteiger partial charge in [0.15, 0.2) is 0 Å². The Morgan fingerprint density at radius 2 is 2.29 bits per heavy atom. The van der Waals surface area contributed by atoms with Crippen molar-refractivity contribution >= 4 is 11.8 Å². The lowest BCUT2D eigenvalue weighted by Crippen LogP contribution is -2.55. The molecule has 0 saturated carbocycles. The zero-order chi connectivity index (χ0) is 12.6. The van der Waals surface area contributed by atoms with E-state index in [0.717, 1.165) is 0 Å². The molecule has 1 aliphatic rings. The minimum absolute atomic E-state index is 0.105. The number of nitrogens with one attached hydrogen (secondary N) is 1. The summed E-state index contributed by atoms with van der Waals surface area (Å²) in [5, 5.41) is 6.87. The third-order valence-electron chi connectivity index (χ3n) is 3.00. The van der Waals surface area contributed by atoms with Crippen LogP contribution in [0.15, 0.2) is 6.20 Å². The Balaban J connectivity index is 2.25. The zero-order valence-corrected chi connectivity index (χ0v) is 10.2. The second-order valence-electron chi connectivity index (χ2n) is 4.27. The summed E-state index contributed by atoms with van der Waals surface area (Å²) in [6.45, 7) is 4.58. The maximum absolute atomic E-state index is 12.3. The van der Waals surface area contributed by atoms with Gasteiger partial charge < -0.3 is 10.2 Å². The second kappa shape index (κ2) is 4.20. The highest BCUT2D eigenvalue weighted by atomic mass is 16.2. The van der Waals surface area contributed by atoms with Gasteiger partial charge in [-0.1, -0.05) is 0 Å². The Hall–Kier alpha value is -1.85. The van der Waals surface area contributed by atoms with E-state index in [-0.39, 0.29) is 11.8 Å². The molecular weight excluding hydrogens is 220 g/mol. The number of rotatable bonds is 1. The quantitative estimate of drug-likeness (QED) is 0.727. The van der Waals surface area contributed by atoms with Crippen molar-refractivity contribution in [2.75, 3.05) is 13.1 Å². The largest absolute Gasteiger partial charge is 0.353 e. The molecule has 1 aliphatic heterocycles. The van der Waals surface area contributed by atoms with Gasteiger partial charge in [-0.05, 0) is 13.8 Å². The fourth-order valence-corrected chi connectivity index (χ4v) is 2.02. The van der Waals surface area contributed by atoms with E-state index in [2.05, 4.69) is 10.4 Å². The van der Waals surface area contributed by atoms with E-state index in [1.807, 2.05) is 0 Å². The molecule has 0 radical (unpaired) electrons. The van der Waals surface area contributed by atoms with Crippen LogP contribution in [0.3, 0.4) is 0 Å². The van der Waals surface area contributed by atoms with Crippen LogP contribution in [0, 0.1) is 6.92 Å². The molecule has 0 aromatic carbocycles. The topological polar surface area (TPSA) is 67.2 Å². The molecule has 1 aromatic rings. The molecule has 1 atom stereocenters. The van der Waals surface area contributed by atoms with Crippen molar-refractivity contribution in [3.63, 3.8) is 0 Å². The van der Waals surface area contributed by atoms with Gasteiger partial charge in [0.1, 0.15) is 6.04 Å². The van der Waals surface area contributed by atoms with Crippen LogP contribution in [0.4, 0.5) is 0 Å². The number of aryl methyl sites for hydroxylation is 2. The van der Waals surface area contributed by atoms with Crippen LogP contribution in [0.1, 0.15) is 23.0 Å². The summed E-state index contributed by atoms with van der Waals surface area (Å²) in [4.78, 5) is 25.4. The molecule has 1 unspecified atom stereocenters. The average molecular weight is 236 g/mol. The van der Waals surface area contributed by atoms with E-state index in [0.29, 0.717) is 24.3 Å². The fourth-order valence-electron chi connectivity index (χ4n) is 2.02. The van der Waals surface area contributed by atoms with Crippen LogP contribution < -0.4 is 5.32 Å². The molecule has 2 rings (SSSR count). The Morgan fingerprint density at radius 3 is 2.88 bits per heavy atom. The number of piperazine rings is 1. The first-order chi connectivity index (χ1) is 8.00. The van der Waals surface area contributed by atoms with Crippen LogP contribution in [-0.2, 0) is 11.8 Å². The lowest BCUT2D eigenvalue weighted by Gasteiger charge is -2.32. The predicted octanol–water partition coefficient (Wildman–Crippen LogP) is -0.311. The Kier molecular flexibility index (Phi) is 2.87. The summed E-state index contributed by atoms with van der Waals surface area (Å²) in [6.07, 6.45) is 1.69. The number of carbonyl (C=O) groups is 2. The Bertz CT molecular complexity index is 466. The molecule has 1 N–H and O–H groups in total. The summed E-state index contributed by atoms with van der Waals surface area (Å²) in [5.74, 6) is -0.232. The molecular formula is C11H16N4O2. The lowest BCUT2D eigenvalue weighted by molar-refractivity contribution is -0.127. The molecule has 6 nitrogen and oxygen atoms in total. The van der Waals surface area contributed by atoms with Gasteiger partial charge in [-0.15, -0.1) is 0 Å². The monoisotopic (exact) mass is 236 g/mol. The van der Waals surface area contributed by atoms with Gasteiger partial charge in [-0.25, -0.2) is 0 Å². The lowest BCUT2D eigenvalue weighted by atomic mass is 10.1. The van der Waals surface area contributed by atoms with Gasteiger partial charge in [0, 0.05) is 26.3 Å². The highest BCUT2D eigenvalue weighted by molar-refractivity contribution is 5.98. The molecule has 0 spiro atoms. The van der Waals surface area contributed by atoms with Gasteiger partial charge in [0.05, 0.1) is 11.3 Å². The van der Waals surface area contributed by atoms with Gasteiger partial charge in [0.25, 0.3) is 5.91 Å². The number of hydrogen-bond acceptors (Lipinski definition) is 3. The van der Waals surface area contributed by atoms with Crippen LogP contribution in [0.25, 0.3) is 0 Å². The predicted molar refractivity (Wildman–Crippen MR) is 61.5 cm³/mol. The molecule has 2 amide bonds. The first-order valence-electron chi connectivity index (χ1n) is 5.59. The van der Waals surface area contributed by atoms with Crippen molar-refractivity contribution in [1.29, 1.82) is 0 Å². The summed E-state index contributed by atoms with van der Waals surface area (Å²) in [6, 6.07) is -0.421. The average Bonchev–Trinajstić information content (AvgIpc) is 2.61. The van der Waals surface area contributed by atoms with Crippen molar-refractivity contribution in [1.82, 2.24) is 20.0 Å². The van der Waals surface area contributed by atoms with Gasteiger partial charge in [0.2, 0.25) is 5.91 Å². The van der Waals surface area contributed by atoms with E-state index in [1.165, 1.54) is 0 Å². The highest BCUT2D eigenvalue weighted by Crippen LogP contribution is 2.13. The summed E-state index contributed by atoms with van der Waals surface area (Å²) >= 11 is 0. The molecule has 17 heavy (non-hydrogen) atoms. The molecule has 1 saturated heterocycles. The van der Waals surface area contributed by atoms with Crippen molar-refractivity contribution in [3.8, 4) is 0 Å². The van der Waals surface area contributed by atoms with E-state index >= 15 is 0 Å². The first kappa shape index (κ1) is 11.6. The second-order valence-corrected chi connectivity index (χ2v) is 4.27. The first-order valence-corrected chi connectivity index (χ1v) is 5.59. The van der Waals surface area contributed by atoms with Crippen LogP contribution in [0.2, 0.25) is 0 Å². The van der Waals surface area contributed by atoms with E-state index in [1.54, 1.807) is 36.7 Å². The number of aromatic nitrogens is 2. The summed E-state index contributed by atoms with van der Waals surface area (Å²) in [7, 11) is 1.77. The maximum atomic E-state index is 12.3. The van der Waals surface area contributed by atoms with Gasteiger partial charge in [-0.2, -0.15) is 5.10 Å². The normalized spacial score (nSPS) is 20.3. The Morgan fingerprint density at radius 1 is 1.59 bits per heavy atom. The molecule has 6 heteroatoms. The van der Waals surface area contributed by atoms with Crippen molar-refractivity contribution in [3.05, 3.63) is 17.5 Å². The van der Waals surface area contributed by atoms with E-state index < -0.39 is 6.04 Å². The molecule has 0 aliphatic carbocycles. The van der Waals surface area contributed by atoms with Crippen LogP contribution in [0.5, 0.6) is 0 Å².